The molecule has 0 spiro atoms. The van der Waals surface area contributed by atoms with Crippen molar-refractivity contribution < 1.29 is 24.2 Å². The molecule has 1 aliphatic rings. The third-order valence-electron chi connectivity index (χ3n) is 7.19. The van der Waals surface area contributed by atoms with Crippen LogP contribution in [0.5, 0.6) is 11.5 Å². The molecular weight excluding hydrogens is 512 g/mol. The summed E-state index contributed by atoms with van der Waals surface area (Å²) < 4.78 is 11.1. The van der Waals surface area contributed by atoms with Crippen molar-refractivity contribution in [2.45, 2.75) is 32.7 Å². The maximum absolute atomic E-state index is 13.6. The van der Waals surface area contributed by atoms with Crippen LogP contribution < -0.4 is 20.9 Å². The number of carbonyl (C=O) groups is 2. The Bertz CT molecular complexity index is 1500. The van der Waals surface area contributed by atoms with Gasteiger partial charge in [-0.3, -0.25) is 9.59 Å². The van der Waals surface area contributed by atoms with Gasteiger partial charge >= 0.3 is 5.97 Å². The number of aliphatic carboxylic acids is 1. The SMILES string of the molecule is CCC(C)(C(=O)O)C1c2ccccc2C=NN1C(=O)/C=C/c1cc(Cc2cnc(N)nc2N)cc(OC)c1OC. The fourth-order valence-corrected chi connectivity index (χ4v) is 4.77. The van der Waals surface area contributed by atoms with Crippen LogP contribution in [-0.2, 0) is 16.0 Å². The van der Waals surface area contributed by atoms with E-state index in [0.717, 1.165) is 16.7 Å². The quantitative estimate of drug-likeness (QED) is 0.341. The van der Waals surface area contributed by atoms with E-state index < -0.39 is 23.3 Å². The highest BCUT2D eigenvalue weighted by Crippen LogP contribution is 2.44. The van der Waals surface area contributed by atoms with Gasteiger partial charge in [0.25, 0.3) is 5.91 Å². The van der Waals surface area contributed by atoms with Crippen LogP contribution in [0.1, 0.15) is 54.1 Å². The number of fused-ring (bicyclic) bond motifs is 1. The Labute approximate surface area is 232 Å². The van der Waals surface area contributed by atoms with Crippen molar-refractivity contribution in [1.29, 1.82) is 0 Å². The molecule has 1 aliphatic heterocycles. The van der Waals surface area contributed by atoms with E-state index in [9.17, 15) is 14.7 Å². The van der Waals surface area contributed by atoms with Crippen molar-refractivity contribution >= 4 is 35.9 Å². The summed E-state index contributed by atoms with van der Waals surface area (Å²) in [6.45, 7) is 3.42. The third kappa shape index (κ3) is 5.31. The van der Waals surface area contributed by atoms with Gasteiger partial charge in [0.05, 0.1) is 31.9 Å². The minimum absolute atomic E-state index is 0.0825. The molecule has 0 radical (unpaired) electrons. The Kier molecular flexibility index (Phi) is 8.03. The minimum Gasteiger partial charge on any atom is -0.493 e. The number of nitrogens with zero attached hydrogens (tertiary/aromatic N) is 4. The van der Waals surface area contributed by atoms with Crippen molar-refractivity contribution in [1.82, 2.24) is 15.0 Å². The molecule has 2 heterocycles. The Morgan fingerprint density at radius 1 is 1.18 bits per heavy atom. The Hall–Kier alpha value is -4.93. The number of nitrogen functional groups attached to an aromatic ring is 2. The molecule has 1 aromatic heterocycles. The van der Waals surface area contributed by atoms with Gasteiger partial charge in [0.15, 0.2) is 11.5 Å². The van der Waals surface area contributed by atoms with Crippen LogP contribution in [0, 0.1) is 5.41 Å². The number of benzene rings is 2. The van der Waals surface area contributed by atoms with Gasteiger partial charge in [-0.05, 0) is 48.2 Å². The number of aromatic nitrogens is 2. The highest BCUT2D eigenvalue weighted by Gasteiger charge is 2.47. The molecule has 1 amide bonds. The normalized spacial score (nSPS) is 15.9. The summed E-state index contributed by atoms with van der Waals surface area (Å²) in [7, 11) is 3.02. The molecule has 3 aromatic rings. The van der Waals surface area contributed by atoms with E-state index in [1.807, 2.05) is 30.3 Å². The maximum atomic E-state index is 13.6. The molecule has 4 rings (SSSR count). The lowest BCUT2D eigenvalue weighted by Crippen LogP contribution is -2.45. The van der Waals surface area contributed by atoms with E-state index in [0.29, 0.717) is 29.0 Å². The average Bonchev–Trinajstić information content (AvgIpc) is 2.95. The van der Waals surface area contributed by atoms with Crippen LogP contribution in [0.4, 0.5) is 11.8 Å². The lowest BCUT2D eigenvalue weighted by Gasteiger charge is -2.40. The van der Waals surface area contributed by atoms with Crippen LogP contribution in [0.2, 0.25) is 0 Å². The zero-order valence-electron chi connectivity index (χ0n) is 22.8. The molecule has 11 heteroatoms. The molecule has 2 unspecified atom stereocenters. The lowest BCUT2D eigenvalue weighted by atomic mass is 9.74. The fourth-order valence-electron chi connectivity index (χ4n) is 4.77. The predicted molar refractivity (Wildman–Crippen MR) is 152 cm³/mol. The summed E-state index contributed by atoms with van der Waals surface area (Å²) in [4.78, 5) is 34.1. The summed E-state index contributed by atoms with van der Waals surface area (Å²) in [6, 6.07) is 10.2. The number of carboxylic acid groups (broad SMARTS) is 1. The summed E-state index contributed by atoms with van der Waals surface area (Å²) >= 11 is 0. The zero-order valence-corrected chi connectivity index (χ0v) is 22.8. The maximum Gasteiger partial charge on any atom is 0.311 e. The molecule has 2 atom stereocenters. The number of ether oxygens (including phenoxy) is 2. The molecule has 0 aliphatic carbocycles. The number of carbonyl (C=O) groups excluding carboxylic acids is 1. The van der Waals surface area contributed by atoms with Gasteiger partial charge in [-0.2, -0.15) is 10.1 Å². The van der Waals surface area contributed by atoms with Crippen molar-refractivity contribution in [2.75, 3.05) is 25.7 Å². The highest BCUT2D eigenvalue weighted by molar-refractivity contribution is 5.96. The highest BCUT2D eigenvalue weighted by atomic mass is 16.5. The van der Waals surface area contributed by atoms with Crippen molar-refractivity contribution in [2.24, 2.45) is 10.5 Å². The summed E-state index contributed by atoms with van der Waals surface area (Å²) in [5.41, 5.74) is 13.9. The van der Waals surface area contributed by atoms with E-state index in [-0.39, 0.29) is 18.2 Å². The van der Waals surface area contributed by atoms with Crippen LogP contribution in [-0.4, -0.2) is 52.4 Å². The molecular formula is C29H32N6O5. The Balaban J connectivity index is 1.72. The smallest absolute Gasteiger partial charge is 0.311 e. The minimum atomic E-state index is -1.28. The van der Waals surface area contributed by atoms with Gasteiger partial charge < -0.3 is 26.0 Å². The van der Waals surface area contributed by atoms with Gasteiger partial charge in [0.1, 0.15) is 5.82 Å². The first-order valence-electron chi connectivity index (χ1n) is 12.6. The van der Waals surface area contributed by atoms with Gasteiger partial charge in [-0.15, -0.1) is 0 Å². The molecule has 208 valence electrons. The number of anilines is 2. The van der Waals surface area contributed by atoms with Crippen LogP contribution in [0.3, 0.4) is 0 Å². The van der Waals surface area contributed by atoms with Gasteiger partial charge in [-0.25, -0.2) is 9.99 Å². The van der Waals surface area contributed by atoms with Crippen molar-refractivity contribution in [3.05, 3.63) is 76.5 Å². The second kappa shape index (κ2) is 11.4. The zero-order chi connectivity index (χ0) is 29.0. The number of hydrogen-bond acceptors (Lipinski definition) is 9. The second-order valence-corrected chi connectivity index (χ2v) is 9.60. The molecule has 40 heavy (non-hydrogen) atoms. The molecule has 2 aromatic carbocycles. The molecule has 0 fully saturated rings. The average molecular weight is 545 g/mol. The number of methoxy groups -OCH3 is 2. The Morgan fingerprint density at radius 2 is 1.93 bits per heavy atom. The number of carboxylic acids is 1. The first-order chi connectivity index (χ1) is 19.1. The predicted octanol–water partition coefficient (Wildman–Crippen LogP) is 3.68. The Morgan fingerprint density at radius 3 is 2.58 bits per heavy atom. The number of amides is 1. The molecule has 0 saturated carbocycles. The number of rotatable bonds is 9. The van der Waals surface area contributed by atoms with E-state index in [4.69, 9.17) is 20.9 Å². The van der Waals surface area contributed by atoms with E-state index in [1.165, 1.54) is 25.3 Å². The number of hydrogen-bond donors (Lipinski definition) is 3. The lowest BCUT2D eigenvalue weighted by molar-refractivity contribution is -0.155. The van der Waals surface area contributed by atoms with Crippen molar-refractivity contribution in [3.63, 3.8) is 0 Å². The number of nitrogens with two attached hydrogens (primary N) is 2. The largest absolute Gasteiger partial charge is 0.493 e. The van der Waals surface area contributed by atoms with Crippen LogP contribution in [0.25, 0.3) is 6.08 Å². The standard InChI is InChI=1S/C29H32N6O5/c1-5-29(2,27(37)38)25-21-9-7-6-8-19(21)16-33-35(25)23(36)11-10-18-12-17(14-22(39-3)24(18)40-4)13-20-15-32-28(31)34-26(20)30/h6-12,14-16,25H,5,13H2,1-4H3,(H,37,38)(H4,30,31,32,34)/b11-10+. The van der Waals surface area contributed by atoms with Gasteiger partial charge in [0.2, 0.25) is 5.95 Å². The monoisotopic (exact) mass is 544 g/mol. The molecule has 0 saturated heterocycles. The molecule has 0 bridgehead atoms. The topological polar surface area (TPSA) is 166 Å². The summed E-state index contributed by atoms with van der Waals surface area (Å²) in [5, 5.41) is 15.8. The second-order valence-electron chi connectivity index (χ2n) is 9.60. The summed E-state index contributed by atoms with van der Waals surface area (Å²) in [6.07, 6.45) is 6.73. The van der Waals surface area contributed by atoms with Crippen molar-refractivity contribution in [3.8, 4) is 11.5 Å². The molecule has 11 nitrogen and oxygen atoms in total. The summed E-state index contributed by atoms with van der Waals surface area (Å²) in [5.74, 6) is -0.280. The molecule has 5 N–H and O–H groups in total. The fraction of sp³-hybridized carbons (Fsp3) is 0.276. The first kappa shape index (κ1) is 28.1. The van der Waals surface area contributed by atoms with E-state index in [1.54, 1.807) is 38.4 Å². The van der Waals surface area contributed by atoms with Gasteiger partial charge in [-0.1, -0.05) is 31.2 Å². The van der Waals surface area contributed by atoms with E-state index >= 15 is 0 Å². The first-order valence-corrected chi connectivity index (χ1v) is 12.6. The third-order valence-corrected chi connectivity index (χ3v) is 7.19. The number of hydrazone groups is 1. The van der Waals surface area contributed by atoms with Gasteiger partial charge in [0, 0.05) is 29.8 Å². The van der Waals surface area contributed by atoms with Crippen LogP contribution >= 0.6 is 0 Å². The van der Waals surface area contributed by atoms with Crippen LogP contribution in [0.15, 0.2) is 53.8 Å². The van der Waals surface area contributed by atoms with E-state index in [2.05, 4.69) is 15.1 Å².